The molecule has 0 spiro atoms. The van der Waals surface area contributed by atoms with Crippen LogP contribution in [0.15, 0.2) is 48.5 Å². The van der Waals surface area contributed by atoms with Gasteiger partial charge in [0.05, 0.1) is 45.7 Å². The molecule has 2 aromatic rings. The Morgan fingerprint density at radius 3 is 1.03 bits per heavy atom. The lowest BCUT2D eigenvalue weighted by atomic mass is 9.72. The molecule has 0 aliphatic heterocycles. The summed E-state index contributed by atoms with van der Waals surface area (Å²) in [6, 6.07) is 16.1. The summed E-state index contributed by atoms with van der Waals surface area (Å²) in [4.78, 5) is 86.2. The molecule has 1 aliphatic rings. The lowest BCUT2D eigenvalue weighted by Gasteiger charge is -2.33. The fourth-order valence-corrected chi connectivity index (χ4v) is 7.64. The van der Waals surface area contributed by atoms with Crippen molar-refractivity contribution in [3.8, 4) is 85.2 Å². The Labute approximate surface area is 407 Å². The highest BCUT2D eigenvalue weighted by Gasteiger charge is 2.36. The third kappa shape index (κ3) is 21.9. The summed E-state index contributed by atoms with van der Waals surface area (Å²) >= 11 is 0. The zero-order chi connectivity index (χ0) is 50.9. The second kappa shape index (κ2) is 31.9. The van der Waals surface area contributed by atoms with E-state index in [1.807, 2.05) is 36.4 Å². The summed E-state index contributed by atoms with van der Waals surface area (Å²) in [6.45, 7) is 0.763. The molecule has 2 aromatic carbocycles. The zero-order valence-corrected chi connectivity index (χ0v) is 39.1. The lowest BCUT2D eigenvalue weighted by molar-refractivity contribution is -0.148. The highest BCUT2D eigenvalue weighted by atomic mass is 16.5. The Hall–Kier alpha value is -7.95. The number of benzene rings is 2. The molecular formula is C54H63N7O8. The monoisotopic (exact) mass is 937 g/mol. The van der Waals surface area contributed by atoms with E-state index in [0.717, 1.165) is 22.3 Å². The number of nitrogens with two attached hydrogens (primary N) is 1. The molecule has 0 fully saturated rings. The molecule has 69 heavy (non-hydrogen) atoms. The number of nitrogens with one attached hydrogen (secondary N) is 6. The highest BCUT2D eigenvalue weighted by molar-refractivity contribution is 5.81. The van der Waals surface area contributed by atoms with Gasteiger partial charge in [0.1, 0.15) is 6.61 Å². The minimum Gasteiger partial charge on any atom is -0.465 e. The number of fused-ring (bicyclic) bond motifs is 3. The average molecular weight is 938 g/mol. The molecule has 6 amide bonds. The summed E-state index contributed by atoms with van der Waals surface area (Å²) in [5.74, 6) is 11.9. The Kier molecular flexibility index (Phi) is 26.4. The van der Waals surface area contributed by atoms with Crippen LogP contribution < -0.4 is 37.6 Å². The first-order chi connectivity index (χ1) is 33.2. The second-order valence-corrected chi connectivity index (χ2v) is 16.3. The van der Waals surface area contributed by atoms with Gasteiger partial charge >= 0.3 is 5.97 Å². The van der Waals surface area contributed by atoms with Crippen LogP contribution in [0.5, 0.6) is 0 Å². The van der Waals surface area contributed by atoms with Gasteiger partial charge < -0.3 is 42.4 Å². The molecule has 15 nitrogen and oxygen atoms in total. The van der Waals surface area contributed by atoms with Gasteiger partial charge in [0.25, 0.3) is 0 Å². The number of rotatable bonds is 28. The molecule has 0 radical (unpaired) electrons. The molecule has 15 heteroatoms. The van der Waals surface area contributed by atoms with E-state index < -0.39 is 16.9 Å². The third-order valence-electron chi connectivity index (χ3n) is 11.4. The van der Waals surface area contributed by atoms with Gasteiger partial charge in [-0.05, 0) is 66.2 Å². The van der Waals surface area contributed by atoms with Gasteiger partial charge in [0, 0.05) is 50.0 Å². The van der Waals surface area contributed by atoms with Gasteiger partial charge in [-0.1, -0.05) is 84.1 Å². The van der Waals surface area contributed by atoms with Crippen molar-refractivity contribution in [2.75, 3.05) is 45.9 Å². The number of esters is 1. The molecular weight excluding hydrogens is 875 g/mol. The molecule has 0 unspecified atom stereocenters. The van der Waals surface area contributed by atoms with Crippen LogP contribution in [0.25, 0.3) is 11.1 Å². The van der Waals surface area contributed by atoms with Crippen molar-refractivity contribution in [2.45, 2.75) is 94.9 Å². The predicted octanol–water partition coefficient (Wildman–Crippen LogP) is 2.58. The minimum absolute atomic E-state index is 0.0519. The predicted molar refractivity (Wildman–Crippen MR) is 265 cm³/mol. The van der Waals surface area contributed by atoms with Crippen LogP contribution in [0.3, 0.4) is 0 Å². The summed E-state index contributed by atoms with van der Waals surface area (Å²) in [5, 5.41) is 15.6. The number of carbonyl (C=O) groups excluding carboxylic acids is 7. The van der Waals surface area contributed by atoms with Gasteiger partial charge in [0.15, 0.2) is 0 Å². The Bertz CT molecular complexity index is 2140. The van der Waals surface area contributed by atoms with Crippen LogP contribution in [-0.2, 0) is 38.3 Å². The van der Waals surface area contributed by atoms with Crippen molar-refractivity contribution < 1.29 is 38.3 Å². The molecule has 0 saturated heterocycles. The second-order valence-electron chi connectivity index (χ2n) is 16.3. The van der Waals surface area contributed by atoms with Crippen molar-refractivity contribution in [2.24, 2.45) is 11.1 Å². The van der Waals surface area contributed by atoms with Gasteiger partial charge in [-0.3, -0.25) is 33.6 Å². The quantitative estimate of drug-likeness (QED) is 0.0491. The maximum absolute atomic E-state index is 13.5. The van der Waals surface area contributed by atoms with Crippen LogP contribution in [0.2, 0.25) is 0 Å². The molecule has 3 rings (SSSR count). The van der Waals surface area contributed by atoms with E-state index in [9.17, 15) is 33.6 Å². The van der Waals surface area contributed by atoms with Gasteiger partial charge in [0.2, 0.25) is 35.4 Å². The summed E-state index contributed by atoms with van der Waals surface area (Å²) in [6.07, 6.45) is 33.2. The number of amides is 6. The molecule has 1 aliphatic carbocycles. The Morgan fingerprint density at radius 1 is 0.464 bits per heavy atom. The zero-order valence-electron chi connectivity index (χ0n) is 39.1. The molecule has 0 bridgehead atoms. The van der Waals surface area contributed by atoms with Crippen molar-refractivity contribution in [3.05, 3.63) is 59.7 Å². The lowest BCUT2D eigenvalue weighted by Crippen LogP contribution is -2.43. The largest absolute Gasteiger partial charge is 0.465 e. The van der Waals surface area contributed by atoms with E-state index in [0.29, 0.717) is 19.3 Å². The normalized spacial score (nSPS) is 10.9. The van der Waals surface area contributed by atoms with Crippen LogP contribution in [0, 0.1) is 79.5 Å². The smallest absolute Gasteiger partial charge is 0.306 e. The molecule has 362 valence electrons. The Balaban J connectivity index is 0.000000540. The topological polar surface area (TPSA) is 227 Å². The molecule has 0 atom stereocenters. The van der Waals surface area contributed by atoms with Gasteiger partial charge in [-0.25, -0.2) is 0 Å². The molecule has 0 heterocycles. The molecule has 0 saturated carbocycles. The SMILES string of the molecule is C#CCNC(=O)CCC(CCC(=O)NCC#C)(CCC(=O)NCC#C)CC(=O)OCC1c2ccccc2-c2ccccc21.C#CCNC(=O)CCC(N)(CCC(=O)NCC#C)CCC(=O)NCC#C. The van der Waals surface area contributed by atoms with Crippen molar-refractivity contribution in [3.63, 3.8) is 0 Å². The average Bonchev–Trinajstić information content (AvgIpc) is 3.68. The number of terminal acetylenes is 6. The maximum atomic E-state index is 13.5. The highest BCUT2D eigenvalue weighted by Crippen LogP contribution is 2.45. The van der Waals surface area contributed by atoms with E-state index >= 15 is 0 Å². The van der Waals surface area contributed by atoms with E-state index in [1.54, 1.807) is 0 Å². The van der Waals surface area contributed by atoms with E-state index in [1.165, 1.54) is 0 Å². The molecule has 0 aromatic heterocycles. The van der Waals surface area contributed by atoms with Crippen LogP contribution in [0.1, 0.15) is 101 Å². The number of ether oxygens (including phenoxy) is 1. The summed E-state index contributed by atoms with van der Waals surface area (Å²) < 4.78 is 5.89. The van der Waals surface area contributed by atoms with E-state index in [4.69, 9.17) is 49.0 Å². The third-order valence-corrected chi connectivity index (χ3v) is 11.4. The minimum atomic E-state index is -0.892. The van der Waals surface area contributed by atoms with Crippen LogP contribution in [-0.4, -0.2) is 92.8 Å². The standard InChI is InChI=1S/C35H37N3O5.C19H26N4O3/c1-4-21-36-31(39)15-18-35(19-16-32(40)37-22-5-2,20-17-33(41)38-23-6-3)24-34(42)43-25-30-28-13-9-7-11-26(28)27-12-8-10-14-29(27)30;1-4-13-21-16(24)7-10-19(20,11-8-17(25)22-14-5-2)12-9-18(26)23-15-6-3/h1-3,7-14,30H,15-25H2,(H,36,39)(H,37,40)(H,38,41);1-3H,7-15,20H2,(H,21,24)(H,22,25)(H,23,26). The summed E-state index contributed by atoms with van der Waals surface area (Å²) in [5.41, 5.74) is 9.02. The molecule has 8 N–H and O–H groups in total. The van der Waals surface area contributed by atoms with Crippen molar-refractivity contribution in [1.29, 1.82) is 0 Å². The van der Waals surface area contributed by atoms with E-state index in [-0.39, 0.29) is 151 Å². The van der Waals surface area contributed by atoms with Crippen LogP contribution in [0.4, 0.5) is 0 Å². The first-order valence-electron chi connectivity index (χ1n) is 22.5. The maximum Gasteiger partial charge on any atom is 0.306 e. The van der Waals surface area contributed by atoms with Gasteiger partial charge in [-0.15, -0.1) is 38.5 Å². The fourth-order valence-electron chi connectivity index (χ4n) is 7.64. The van der Waals surface area contributed by atoms with Crippen molar-refractivity contribution in [1.82, 2.24) is 31.9 Å². The fraction of sp³-hybridized carbons (Fsp3) is 0.426. The number of carbonyl (C=O) groups is 7. The van der Waals surface area contributed by atoms with E-state index in [2.05, 4.69) is 79.6 Å². The van der Waals surface area contributed by atoms with Crippen molar-refractivity contribution >= 4 is 41.4 Å². The van der Waals surface area contributed by atoms with Gasteiger partial charge in [-0.2, -0.15) is 0 Å². The number of hydrogen-bond acceptors (Lipinski definition) is 9. The number of hydrogen-bond donors (Lipinski definition) is 7. The Morgan fingerprint density at radius 2 is 0.739 bits per heavy atom. The first kappa shape index (κ1) is 57.2. The first-order valence-corrected chi connectivity index (χ1v) is 22.5. The van der Waals surface area contributed by atoms with Crippen LogP contribution >= 0.6 is 0 Å². The summed E-state index contributed by atoms with van der Waals surface area (Å²) in [7, 11) is 0.